The van der Waals surface area contributed by atoms with Gasteiger partial charge in [0.2, 0.25) is 11.8 Å². The predicted octanol–water partition coefficient (Wildman–Crippen LogP) is 6.50. The zero-order valence-corrected chi connectivity index (χ0v) is 23.1. The number of nitrogens with two attached hydrogens (primary N) is 1. The Kier molecular flexibility index (Phi) is 18.4. The van der Waals surface area contributed by atoms with Gasteiger partial charge in [-0.2, -0.15) is 18.3 Å². The number of hydrazone groups is 1. The quantitative estimate of drug-likeness (QED) is 0.129. The Morgan fingerprint density at radius 2 is 1.97 bits per heavy atom. The van der Waals surface area contributed by atoms with Gasteiger partial charge < -0.3 is 4.74 Å². The Bertz CT molecular complexity index is 924. The van der Waals surface area contributed by atoms with Crippen LogP contribution >= 0.6 is 0 Å². The van der Waals surface area contributed by atoms with Crippen molar-refractivity contribution in [3.05, 3.63) is 60.3 Å². The van der Waals surface area contributed by atoms with Crippen molar-refractivity contribution in [2.45, 2.75) is 65.5 Å². The van der Waals surface area contributed by atoms with E-state index in [0.29, 0.717) is 12.4 Å². The molecule has 3 rings (SSSR count). The molecular formula is C27H42F4N6O. The first kappa shape index (κ1) is 35.0. The van der Waals surface area contributed by atoms with E-state index in [1.165, 1.54) is 29.4 Å². The molecule has 2 aliphatic rings. The number of benzene rings is 1. The van der Waals surface area contributed by atoms with Crippen molar-refractivity contribution < 1.29 is 22.3 Å². The molecule has 0 saturated heterocycles. The summed E-state index contributed by atoms with van der Waals surface area (Å²) in [5, 5.41) is 6.82. The van der Waals surface area contributed by atoms with Crippen LogP contribution in [0, 0.1) is 0 Å². The van der Waals surface area contributed by atoms with E-state index in [4.69, 9.17) is 9.84 Å². The number of aliphatic imine (C=N–C) groups is 2. The summed E-state index contributed by atoms with van der Waals surface area (Å²) in [6.45, 7) is 10.9. The normalized spacial score (nSPS) is 15.1. The average Bonchev–Trinajstić information content (AvgIpc) is 3.75. The summed E-state index contributed by atoms with van der Waals surface area (Å²) in [5.74, 6) is 6.45. The molecule has 11 heteroatoms. The third-order valence-corrected chi connectivity index (χ3v) is 4.85. The van der Waals surface area contributed by atoms with Crippen LogP contribution in [0.25, 0.3) is 0 Å². The highest BCUT2D eigenvalue weighted by molar-refractivity contribution is 6.02. The van der Waals surface area contributed by atoms with E-state index < -0.39 is 12.7 Å². The molecule has 0 radical (unpaired) electrons. The fourth-order valence-corrected chi connectivity index (χ4v) is 3.11. The van der Waals surface area contributed by atoms with Crippen molar-refractivity contribution in [2.24, 2.45) is 20.9 Å². The number of halogens is 4. The molecule has 1 saturated carbocycles. The van der Waals surface area contributed by atoms with Crippen LogP contribution in [0.2, 0.25) is 0 Å². The Morgan fingerprint density at radius 3 is 2.45 bits per heavy atom. The molecule has 0 atom stereocenters. The van der Waals surface area contributed by atoms with Gasteiger partial charge in [0.1, 0.15) is 13.1 Å². The maximum absolute atomic E-state index is 10.9. The molecule has 1 aromatic rings. The van der Waals surface area contributed by atoms with Crippen LogP contribution < -0.4 is 11.3 Å². The molecule has 1 aliphatic heterocycles. The minimum atomic E-state index is -4.19. The molecule has 214 valence electrons. The molecule has 1 heterocycles. The zero-order chi connectivity index (χ0) is 29.0. The van der Waals surface area contributed by atoms with E-state index in [9.17, 15) is 17.6 Å². The SMILES string of the molecule is C=CF.CC.CC=NCC(=NC)OC1=CCC(c2cccc(C3CC3)c2)=NN1CCC.NNCC(F)(F)F. The highest BCUT2D eigenvalue weighted by atomic mass is 19.4. The molecule has 0 amide bonds. The first-order valence-electron chi connectivity index (χ1n) is 12.7. The van der Waals surface area contributed by atoms with Crippen molar-refractivity contribution >= 4 is 17.8 Å². The van der Waals surface area contributed by atoms with Gasteiger partial charge in [-0.25, -0.2) is 9.40 Å². The van der Waals surface area contributed by atoms with Gasteiger partial charge in [0.25, 0.3) is 0 Å². The van der Waals surface area contributed by atoms with Gasteiger partial charge in [-0.1, -0.05) is 45.5 Å². The molecule has 0 spiro atoms. The van der Waals surface area contributed by atoms with Crippen LogP contribution in [-0.4, -0.2) is 55.7 Å². The number of nitrogens with one attached hydrogen (secondary N) is 1. The highest BCUT2D eigenvalue weighted by Gasteiger charge is 2.26. The summed E-state index contributed by atoms with van der Waals surface area (Å²) in [7, 11) is 1.73. The van der Waals surface area contributed by atoms with Crippen molar-refractivity contribution in [3.8, 4) is 0 Å². The van der Waals surface area contributed by atoms with Crippen molar-refractivity contribution in [1.29, 1.82) is 0 Å². The molecule has 0 unspecified atom stereocenters. The average molecular weight is 543 g/mol. The molecule has 0 aromatic heterocycles. The van der Waals surface area contributed by atoms with E-state index in [1.54, 1.807) is 13.3 Å². The second-order valence-electron chi connectivity index (χ2n) is 7.78. The van der Waals surface area contributed by atoms with E-state index >= 15 is 0 Å². The van der Waals surface area contributed by atoms with Gasteiger partial charge in [0.15, 0.2) is 0 Å². The van der Waals surface area contributed by atoms with Crippen LogP contribution in [0.1, 0.15) is 70.4 Å². The second kappa shape index (κ2) is 20.0. The summed E-state index contributed by atoms with van der Waals surface area (Å²) in [6, 6.07) is 8.84. The topological polar surface area (TPSA) is 87.6 Å². The van der Waals surface area contributed by atoms with E-state index in [1.807, 2.05) is 25.8 Å². The summed E-state index contributed by atoms with van der Waals surface area (Å²) in [6.07, 6.45) is 4.31. The summed E-state index contributed by atoms with van der Waals surface area (Å²) in [5.41, 5.74) is 5.23. The molecule has 1 fully saturated rings. The van der Waals surface area contributed by atoms with Crippen LogP contribution in [0.4, 0.5) is 17.6 Å². The van der Waals surface area contributed by atoms with E-state index in [0.717, 1.165) is 36.9 Å². The van der Waals surface area contributed by atoms with Crippen LogP contribution in [0.15, 0.2) is 64.2 Å². The largest absolute Gasteiger partial charge is 0.424 e. The third-order valence-electron chi connectivity index (χ3n) is 4.85. The Hall–Kier alpha value is -3.05. The number of alkyl halides is 3. The van der Waals surface area contributed by atoms with E-state index in [-0.39, 0.29) is 6.33 Å². The van der Waals surface area contributed by atoms with Crippen LogP contribution in [0.5, 0.6) is 0 Å². The standard InChI is InChI=1S/C21H28N4O.C2H5F3N2.C2H3F.C2H6/c1-4-13-25-21(26-20(22-3)15-23-5-2)12-11-19(24-25)18-8-6-7-17(14-18)16-9-10-16;3-2(4,5)1-7-6;1-2-3;1-2/h5-8,12,14,16H,4,9-11,13,15H2,1-3H3;7H,1,6H2;2H,1H2;1-2H3. The zero-order valence-electron chi connectivity index (χ0n) is 23.1. The molecular weight excluding hydrogens is 500 g/mol. The number of nitrogens with zero attached hydrogens (tertiary/aromatic N) is 4. The Morgan fingerprint density at radius 1 is 1.32 bits per heavy atom. The fourth-order valence-electron chi connectivity index (χ4n) is 3.11. The van der Waals surface area contributed by atoms with Crippen molar-refractivity contribution in [1.82, 2.24) is 10.4 Å². The molecule has 1 aliphatic carbocycles. The van der Waals surface area contributed by atoms with E-state index in [2.05, 4.69) is 59.7 Å². The maximum Gasteiger partial charge on any atom is 0.402 e. The second-order valence-corrected chi connectivity index (χ2v) is 7.78. The van der Waals surface area contributed by atoms with Gasteiger partial charge in [0, 0.05) is 20.0 Å². The first-order chi connectivity index (χ1) is 18.2. The van der Waals surface area contributed by atoms with Crippen LogP contribution in [-0.2, 0) is 4.74 Å². The Balaban J connectivity index is 0.000000966. The number of ether oxygens (including phenoxy) is 1. The summed E-state index contributed by atoms with van der Waals surface area (Å²) in [4.78, 5) is 8.41. The van der Waals surface area contributed by atoms with Crippen molar-refractivity contribution in [3.63, 3.8) is 0 Å². The monoisotopic (exact) mass is 542 g/mol. The van der Waals surface area contributed by atoms with Gasteiger partial charge in [0.05, 0.1) is 12.0 Å². The smallest absolute Gasteiger partial charge is 0.402 e. The van der Waals surface area contributed by atoms with Crippen LogP contribution in [0.3, 0.4) is 0 Å². The lowest BCUT2D eigenvalue weighted by atomic mass is 10.0. The lowest BCUT2D eigenvalue weighted by molar-refractivity contribution is -0.124. The number of rotatable bonds is 8. The molecule has 3 N–H and O–H groups in total. The fraction of sp³-hybridized carbons (Fsp3) is 0.519. The number of allylic oxidation sites excluding steroid dienone is 1. The lowest BCUT2D eigenvalue weighted by Gasteiger charge is -2.26. The minimum absolute atomic E-state index is 0.250. The predicted molar refractivity (Wildman–Crippen MR) is 149 cm³/mol. The molecule has 0 bridgehead atoms. The summed E-state index contributed by atoms with van der Waals surface area (Å²) >= 11 is 0. The molecule has 38 heavy (non-hydrogen) atoms. The summed E-state index contributed by atoms with van der Waals surface area (Å²) < 4.78 is 48.8. The lowest BCUT2D eigenvalue weighted by Crippen LogP contribution is -2.33. The number of hydrogen-bond donors (Lipinski definition) is 2. The van der Waals surface area contributed by atoms with Gasteiger partial charge in [-0.15, -0.1) is 0 Å². The number of hydrogen-bond acceptors (Lipinski definition) is 7. The highest BCUT2D eigenvalue weighted by Crippen LogP contribution is 2.40. The minimum Gasteiger partial charge on any atom is -0.424 e. The first-order valence-corrected chi connectivity index (χ1v) is 12.7. The van der Waals surface area contributed by atoms with Gasteiger partial charge >= 0.3 is 6.18 Å². The van der Waals surface area contributed by atoms with Gasteiger partial charge in [-0.3, -0.25) is 21.3 Å². The third kappa shape index (κ3) is 14.6. The van der Waals surface area contributed by atoms with Gasteiger partial charge in [-0.05, 0) is 61.6 Å². The Labute approximate surface area is 224 Å². The molecule has 7 nitrogen and oxygen atoms in total. The number of hydrazine groups is 1. The van der Waals surface area contributed by atoms with Crippen molar-refractivity contribution in [2.75, 3.05) is 26.7 Å². The maximum atomic E-state index is 10.9. The molecule has 1 aromatic carbocycles.